The lowest BCUT2D eigenvalue weighted by Gasteiger charge is -2.12. The third-order valence-electron chi connectivity index (χ3n) is 1.95. The van der Waals surface area contributed by atoms with Gasteiger partial charge in [-0.3, -0.25) is 0 Å². The predicted molar refractivity (Wildman–Crippen MR) is 54.0 cm³/mol. The molecule has 1 aromatic carbocycles. The maximum absolute atomic E-state index is 8.82. The molecule has 0 aromatic heterocycles. The number of methoxy groups -OCH3 is 1. The minimum absolute atomic E-state index is 0.00864. The molecule has 0 unspecified atom stereocenters. The lowest BCUT2D eigenvalue weighted by Crippen LogP contribution is -2.22. The number of benzene rings is 1. The molecule has 14 heavy (non-hydrogen) atoms. The molecular formula is C11H16O3. The second-order valence-electron chi connectivity index (χ2n) is 3.04. The van der Waals surface area contributed by atoms with E-state index in [-0.39, 0.29) is 12.7 Å². The van der Waals surface area contributed by atoms with Crippen LogP contribution in [0.3, 0.4) is 0 Å². The first-order valence-electron chi connectivity index (χ1n) is 4.62. The van der Waals surface area contributed by atoms with Crippen LogP contribution in [0.5, 0.6) is 0 Å². The van der Waals surface area contributed by atoms with Crippen molar-refractivity contribution in [2.24, 2.45) is 0 Å². The van der Waals surface area contributed by atoms with Gasteiger partial charge in [0.1, 0.15) is 6.10 Å². The fourth-order valence-corrected chi connectivity index (χ4v) is 1.08. The maximum Gasteiger partial charge on any atom is 0.103 e. The largest absolute Gasteiger partial charge is 0.394 e. The van der Waals surface area contributed by atoms with Crippen molar-refractivity contribution in [3.8, 4) is 0 Å². The van der Waals surface area contributed by atoms with Gasteiger partial charge in [-0.1, -0.05) is 30.3 Å². The third-order valence-corrected chi connectivity index (χ3v) is 1.95. The summed E-state index contributed by atoms with van der Waals surface area (Å²) in [5, 5.41) is 8.82. The number of aliphatic hydroxyl groups is 1. The zero-order chi connectivity index (χ0) is 10.2. The summed E-state index contributed by atoms with van der Waals surface area (Å²) in [6, 6.07) is 9.91. The lowest BCUT2D eigenvalue weighted by molar-refractivity contribution is -0.0248. The smallest absolute Gasteiger partial charge is 0.103 e. The van der Waals surface area contributed by atoms with Crippen LogP contribution in [-0.4, -0.2) is 31.5 Å². The van der Waals surface area contributed by atoms with E-state index in [9.17, 15) is 0 Å². The normalized spacial score (nSPS) is 12.7. The highest BCUT2D eigenvalue weighted by Gasteiger charge is 2.04. The molecule has 1 N–H and O–H groups in total. The Labute approximate surface area is 84.3 Å². The maximum atomic E-state index is 8.82. The molecule has 0 aliphatic heterocycles. The van der Waals surface area contributed by atoms with Crippen LogP contribution in [0.25, 0.3) is 0 Å². The Morgan fingerprint density at radius 1 is 1.29 bits per heavy atom. The van der Waals surface area contributed by atoms with Crippen molar-refractivity contribution >= 4 is 0 Å². The van der Waals surface area contributed by atoms with Gasteiger partial charge in [0.15, 0.2) is 0 Å². The monoisotopic (exact) mass is 196 g/mol. The second kappa shape index (κ2) is 6.54. The van der Waals surface area contributed by atoms with E-state index in [4.69, 9.17) is 14.6 Å². The number of hydrogen-bond donors (Lipinski definition) is 1. The Kier molecular flexibility index (Phi) is 5.22. The summed E-state index contributed by atoms with van der Waals surface area (Å²) in [6.45, 7) is 0.966. The quantitative estimate of drug-likeness (QED) is 0.743. The minimum atomic E-state index is -0.223. The Morgan fingerprint density at radius 3 is 2.57 bits per heavy atom. The van der Waals surface area contributed by atoms with E-state index >= 15 is 0 Å². The Hall–Kier alpha value is -0.900. The molecular weight excluding hydrogens is 180 g/mol. The Bertz CT molecular complexity index is 232. The molecule has 0 fully saturated rings. The molecule has 0 saturated heterocycles. The second-order valence-corrected chi connectivity index (χ2v) is 3.04. The molecule has 0 aliphatic rings. The van der Waals surface area contributed by atoms with Gasteiger partial charge in [0.05, 0.1) is 19.8 Å². The van der Waals surface area contributed by atoms with Crippen LogP contribution >= 0.6 is 0 Å². The third kappa shape index (κ3) is 3.87. The van der Waals surface area contributed by atoms with Gasteiger partial charge >= 0.3 is 0 Å². The van der Waals surface area contributed by atoms with Crippen molar-refractivity contribution in [2.45, 2.75) is 12.7 Å². The summed E-state index contributed by atoms with van der Waals surface area (Å²) in [4.78, 5) is 0. The zero-order valence-electron chi connectivity index (χ0n) is 8.35. The fraction of sp³-hybridized carbons (Fsp3) is 0.455. The molecule has 3 nitrogen and oxygen atoms in total. The number of rotatable bonds is 6. The summed E-state index contributed by atoms with van der Waals surface area (Å²) in [5.41, 5.74) is 1.13. The first-order valence-corrected chi connectivity index (χ1v) is 4.62. The molecule has 0 heterocycles. The lowest BCUT2D eigenvalue weighted by atomic mass is 10.2. The Balaban J connectivity index is 2.21. The van der Waals surface area contributed by atoms with E-state index < -0.39 is 0 Å². The molecule has 1 rings (SSSR count). The van der Waals surface area contributed by atoms with E-state index in [1.165, 1.54) is 0 Å². The van der Waals surface area contributed by atoms with Gasteiger partial charge < -0.3 is 14.6 Å². The van der Waals surface area contributed by atoms with E-state index in [2.05, 4.69) is 0 Å². The van der Waals surface area contributed by atoms with Crippen molar-refractivity contribution in [2.75, 3.05) is 20.3 Å². The molecule has 3 heteroatoms. The summed E-state index contributed by atoms with van der Waals surface area (Å²) in [6.07, 6.45) is -0.223. The van der Waals surface area contributed by atoms with Crippen LogP contribution < -0.4 is 0 Å². The number of ether oxygens (including phenoxy) is 2. The number of aliphatic hydroxyl groups excluding tert-OH is 1. The van der Waals surface area contributed by atoms with Crippen molar-refractivity contribution in [1.29, 1.82) is 0 Å². The molecule has 78 valence electrons. The first kappa shape index (κ1) is 11.2. The molecule has 0 bridgehead atoms. The molecule has 0 radical (unpaired) electrons. The topological polar surface area (TPSA) is 38.7 Å². The molecule has 0 amide bonds. The molecule has 1 aromatic rings. The SMILES string of the molecule is CO[C@H](CO)COCc1ccccc1. The van der Waals surface area contributed by atoms with Gasteiger partial charge in [-0.2, -0.15) is 0 Å². The zero-order valence-corrected chi connectivity index (χ0v) is 8.35. The van der Waals surface area contributed by atoms with Gasteiger partial charge in [-0.05, 0) is 5.56 Å². The van der Waals surface area contributed by atoms with Crippen LogP contribution in [0, 0.1) is 0 Å². The van der Waals surface area contributed by atoms with Crippen molar-refractivity contribution in [3.05, 3.63) is 35.9 Å². The highest BCUT2D eigenvalue weighted by Crippen LogP contribution is 2.01. The molecule has 0 aliphatic carbocycles. The summed E-state index contributed by atoms with van der Waals surface area (Å²) >= 11 is 0. The molecule has 1 atom stereocenters. The Morgan fingerprint density at radius 2 is 2.00 bits per heavy atom. The average molecular weight is 196 g/mol. The van der Waals surface area contributed by atoms with Crippen molar-refractivity contribution in [3.63, 3.8) is 0 Å². The highest BCUT2D eigenvalue weighted by atomic mass is 16.5. The van der Waals surface area contributed by atoms with Gasteiger partial charge in [0.2, 0.25) is 0 Å². The van der Waals surface area contributed by atoms with Gasteiger partial charge in [-0.25, -0.2) is 0 Å². The van der Waals surface area contributed by atoms with E-state index in [1.54, 1.807) is 7.11 Å². The molecule has 0 saturated carbocycles. The van der Waals surface area contributed by atoms with Crippen LogP contribution in [0.15, 0.2) is 30.3 Å². The van der Waals surface area contributed by atoms with Crippen LogP contribution in [0.4, 0.5) is 0 Å². The number of hydrogen-bond acceptors (Lipinski definition) is 3. The highest BCUT2D eigenvalue weighted by molar-refractivity contribution is 5.13. The first-order chi connectivity index (χ1) is 6.86. The molecule has 0 spiro atoms. The van der Waals surface area contributed by atoms with Crippen LogP contribution in [0.2, 0.25) is 0 Å². The summed E-state index contributed by atoms with van der Waals surface area (Å²) in [5.74, 6) is 0. The summed E-state index contributed by atoms with van der Waals surface area (Å²) < 4.78 is 10.3. The van der Waals surface area contributed by atoms with E-state index in [0.29, 0.717) is 13.2 Å². The average Bonchev–Trinajstić information content (AvgIpc) is 2.26. The summed E-state index contributed by atoms with van der Waals surface area (Å²) in [7, 11) is 1.56. The van der Waals surface area contributed by atoms with Gasteiger partial charge in [0, 0.05) is 7.11 Å². The van der Waals surface area contributed by atoms with Gasteiger partial charge in [0.25, 0.3) is 0 Å². The van der Waals surface area contributed by atoms with E-state index in [1.807, 2.05) is 30.3 Å². The minimum Gasteiger partial charge on any atom is -0.394 e. The van der Waals surface area contributed by atoms with Crippen LogP contribution in [-0.2, 0) is 16.1 Å². The van der Waals surface area contributed by atoms with Crippen molar-refractivity contribution < 1.29 is 14.6 Å². The van der Waals surface area contributed by atoms with Crippen LogP contribution in [0.1, 0.15) is 5.56 Å². The van der Waals surface area contributed by atoms with Crippen molar-refractivity contribution in [1.82, 2.24) is 0 Å². The van der Waals surface area contributed by atoms with Gasteiger partial charge in [-0.15, -0.1) is 0 Å². The fourth-order valence-electron chi connectivity index (χ4n) is 1.08. The standard InChI is InChI=1S/C11H16O3/c1-13-11(7-12)9-14-8-10-5-3-2-4-6-10/h2-6,11-12H,7-9H2,1H3/t11-/m1/s1. The predicted octanol–water partition coefficient (Wildman–Crippen LogP) is 1.21. The van der Waals surface area contributed by atoms with E-state index in [0.717, 1.165) is 5.56 Å².